The summed E-state index contributed by atoms with van der Waals surface area (Å²) in [4.78, 5) is 14.9. The molecule has 1 atom stereocenters. The molecular formula is C29H37F3N2O2. The molecule has 36 heavy (non-hydrogen) atoms. The standard InChI is InChI=1S/C29H37F3N2O2/c1-7-12-23(18-24(13-8-2)29(30,31)32)25(20(3)4)19-27(36-6)21(5)33-28(35)34-17-11-15-22-14-9-10-16-26(22)34/h7,9-10,12,14,16,18-19,21H,1,8,11,13,15,17H2,2-6H3,(H,33,35)/b23-12+,24-18+,27-19-. The first-order valence-corrected chi connectivity index (χ1v) is 12.2. The van der Waals surface area contributed by atoms with Crippen molar-refractivity contribution in [2.45, 2.75) is 65.6 Å². The number of benzene rings is 1. The topological polar surface area (TPSA) is 41.6 Å². The van der Waals surface area contributed by atoms with Gasteiger partial charge in [-0.25, -0.2) is 4.79 Å². The summed E-state index contributed by atoms with van der Waals surface area (Å²) < 4.78 is 46.5. The predicted octanol–water partition coefficient (Wildman–Crippen LogP) is 7.81. The minimum Gasteiger partial charge on any atom is -0.499 e. The van der Waals surface area contributed by atoms with E-state index < -0.39 is 17.8 Å². The molecule has 0 aliphatic carbocycles. The Hall–Kier alpha value is -3.22. The first-order chi connectivity index (χ1) is 17.0. The van der Waals surface area contributed by atoms with Crippen LogP contribution in [-0.2, 0) is 11.2 Å². The molecule has 4 nitrogen and oxygen atoms in total. The zero-order chi connectivity index (χ0) is 26.9. The van der Waals surface area contributed by atoms with Gasteiger partial charge in [0.1, 0.15) is 5.76 Å². The number of alkyl halides is 3. The van der Waals surface area contributed by atoms with Crippen LogP contribution in [0.3, 0.4) is 0 Å². The number of amides is 2. The summed E-state index contributed by atoms with van der Waals surface area (Å²) in [5.41, 5.74) is 3.17. The molecule has 7 heteroatoms. The van der Waals surface area contributed by atoms with Gasteiger partial charge in [-0.1, -0.05) is 55.8 Å². The van der Waals surface area contributed by atoms with E-state index >= 15 is 0 Å². The maximum atomic E-state index is 13.6. The highest BCUT2D eigenvalue weighted by atomic mass is 19.4. The molecule has 0 saturated heterocycles. The van der Waals surface area contributed by atoms with Crippen molar-refractivity contribution in [3.05, 3.63) is 88.8 Å². The smallest absolute Gasteiger partial charge is 0.412 e. The molecule has 1 N–H and O–H groups in total. The maximum Gasteiger partial charge on any atom is 0.412 e. The molecule has 1 unspecified atom stereocenters. The molecule has 1 aromatic carbocycles. The number of nitrogens with one attached hydrogen (secondary N) is 1. The van der Waals surface area contributed by atoms with Crippen LogP contribution in [0.5, 0.6) is 0 Å². The second-order valence-corrected chi connectivity index (χ2v) is 8.99. The van der Waals surface area contributed by atoms with Crippen LogP contribution in [0.15, 0.2) is 83.2 Å². The van der Waals surface area contributed by atoms with Crippen LogP contribution < -0.4 is 10.2 Å². The number of anilines is 1. The zero-order valence-electron chi connectivity index (χ0n) is 21.8. The summed E-state index contributed by atoms with van der Waals surface area (Å²) in [7, 11) is 1.48. The number of halogens is 3. The van der Waals surface area contributed by atoms with E-state index in [-0.39, 0.29) is 12.5 Å². The predicted molar refractivity (Wildman–Crippen MR) is 141 cm³/mol. The molecule has 0 saturated carbocycles. The number of carbonyl (C=O) groups is 1. The van der Waals surface area contributed by atoms with E-state index in [1.54, 1.807) is 30.9 Å². The molecule has 2 amide bonds. The highest BCUT2D eigenvalue weighted by molar-refractivity contribution is 5.93. The van der Waals surface area contributed by atoms with E-state index in [2.05, 4.69) is 11.9 Å². The summed E-state index contributed by atoms with van der Waals surface area (Å²) in [6.45, 7) is 11.4. The van der Waals surface area contributed by atoms with Gasteiger partial charge in [-0.2, -0.15) is 13.2 Å². The third-order valence-corrected chi connectivity index (χ3v) is 6.00. The van der Waals surface area contributed by atoms with Crippen LogP contribution in [0.1, 0.15) is 52.5 Å². The number of allylic oxidation sites excluding steroid dienone is 8. The molecular weight excluding hydrogens is 465 g/mol. The monoisotopic (exact) mass is 502 g/mol. The van der Waals surface area contributed by atoms with Gasteiger partial charge >= 0.3 is 12.2 Å². The number of methoxy groups -OCH3 is 1. The van der Waals surface area contributed by atoms with E-state index in [0.29, 0.717) is 29.9 Å². The van der Waals surface area contributed by atoms with Crippen LogP contribution in [0, 0.1) is 0 Å². The molecule has 1 heterocycles. The van der Waals surface area contributed by atoms with E-state index in [1.165, 1.54) is 19.3 Å². The molecule has 0 spiro atoms. The fourth-order valence-corrected chi connectivity index (χ4v) is 4.19. The number of para-hydroxylation sites is 1. The molecule has 0 fully saturated rings. The molecule has 1 aromatic rings. The molecule has 0 aromatic heterocycles. The van der Waals surface area contributed by atoms with Crippen molar-refractivity contribution < 1.29 is 22.7 Å². The zero-order valence-corrected chi connectivity index (χ0v) is 21.8. The van der Waals surface area contributed by atoms with Crippen LogP contribution in [0.2, 0.25) is 0 Å². The second-order valence-electron chi connectivity index (χ2n) is 8.99. The first kappa shape index (κ1) is 29.0. The second kappa shape index (κ2) is 13.2. The Balaban J connectivity index is 2.37. The molecule has 1 aliphatic rings. The number of fused-ring (bicyclic) bond motifs is 1. The summed E-state index contributed by atoms with van der Waals surface area (Å²) >= 11 is 0. The molecule has 1 aliphatic heterocycles. The summed E-state index contributed by atoms with van der Waals surface area (Å²) in [6, 6.07) is 7.06. The van der Waals surface area contributed by atoms with E-state index in [0.717, 1.165) is 29.7 Å². The Kier molecular flexibility index (Phi) is 10.6. The van der Waals surface area contributed by atoms with Gasteiger partial charge in [-0.3, -0.25) is 4.90 Å². The lowest BCUT2D eigenvalue weighted by atomic mass is 9.95. The lowest BCUT2D eigenvalue weighted by molar-refractivity contribution is -0.0940. The number of hydrogen-bond acceptors (Lipinski definition) is 2. The minimum atomic E-state index is -4.43. The lowest BCUT2D eigenvalue weighted by Gasteiger charge is -2.31. The highest BCUT2D eigenvalue weighted by Crippen LogP contribution is 2.33. The Morgan fingerprint density at radius 1 is 1.25 bits per heavy atom. The largest absolute Gasteiger partial charge is 0.499 e. The average Bonchev–Trinajstić information content (AvgIpc) is 2.82. The van der Waals surface area contributed by atoms with Crippen molar-refractivity contribution in [2.75, 3.05) is 18.6 Å². The molecule has 196 valence electrons. The van der Waals surface area contributed by atoms with Gasteiger partial charge in [0.25, 0.3) is 0 Å². The molecule has 0 radical (unpaired) electrons. The van der Waals surface area contributed by atoms with Gasteiger partial charge < -0.3 is 10.1 Å². The number of carbonyl (C=O) groups excluding carboxylic acids is 1. The average molecular weight is 503 g/mol. The van der Waals surface area contributed by atoms with Gasteiger partial charge in [-0.05, 0) is 75.0 Å². The third-order valence-electron chi connectivity index (χ3n) is 6.00. The number of ether oxygens (including phenoxy) is 1. The van der Waals surface area contributed by atoms with Crippen molar-refractivity contribution in [1.29, 1.82) is 0 Å². The summed E-state index contributed by atoms with van der Waals surface area (Å²) in [5, 5.41) is 2.98. The van der Waals surface area contributed by atoms with Crippen molar-refractivity contribution in [3.63, 3.8) is 0 Å². The highest BCUT2D eigenvalue weighted by Gasteiger charge is 2.33. The number of nitrogens with zero attached hydrogens (tertiary/aromatic N) is 1. The summed E-state index contributed by atoms with van der Waals surface area (Å²) in [5.74, 6) is 0.428. The van der Waals surface area contributed by atoms with Crippen LogP contribution >= 0.6 is 0 Å². The van der Waals surface area contributed by atoms with Gasteiger partial charge in [-0.15, -0.1) is 0 Å². The van der Waals surface area contributed by atoms with Gasteiger partial charge in [0.15, 0.2) is 0 Å². The van der Waals surface area contributed by atoms with E-state index in [4.69, 9.17) is 4.74 Å². The Bertz CT molecular complexity index is 1060. The number of hydrogen-bond donors (Lipinski definition) is 1. The van der Waals surface area contributed by atoms with Crippen molar-refractivity contribution in [1.82, 2.24) is 5.32 Å². The van der Waals surface area contributed by atoms with Gasteiger partial charge in [0.05, 0.1) is 13.2 Å². The Labute approximate surface area is 212 Å². The normalized spacial score (nSPS) is 15.7. The number of urea groups is 1. The van der Waals surface area contributed by atoms with Crippen molar-refractivity contribution in [3.8, 4) is 0 Å². The maximum absolute atomic E-state index is 13.6. The van der Waals surface area contributed by atoms with Crippen LogP contribution in [-0.4, -0.2) is 31.9 Å². The minimum absolute atomic E-state index is 0.0847. The number of aryl methyl sites for hydroxylation is 1. The van der Waals surface area contributed by atoms with Gasteiger partial charge in [0.2, 0.25) is 0 Å². The van der Waals surface area contributed by atoms with Gasteiger partial charge in [0, 0.05) is 17.8 Å². The molecule has 2 rings (SSSR count). The van der Waals surface area contributed by atoms with E-state index in [9.17, 15) is 18.0 Å². The Morgan fingerprint density at radius 2 is 1.94 bits per heavy atom. The lowest BCUT2D eigenvalue weighted by Crippen LogP contribution is -2.46. The van der Waals surface area contributed by atoms with Crippen LogP contribution in [0.25, 0.3) is 0 Å². The quantitative estimate of drug-likeness (QED) is 0.276. The number of rotatable bonds is 9. The fourth-order valence-electron chi connectivity index (χ4n) is 4.19. The van der Waals surface area contributed by atoms with Crippen molar-refractivity contribution in [2.24, 2.45) is 0 Å². The van der Waals surface area contributed by atoms with Crippen LogP contribution in [0.4, 0.5) is 23.7 Å². The fraction of sp³-hybridized carbons (Fsp3) is 0.414. The summed E-state index contributed by atoms with van der Waals surface area (Å²) in [6.07, 6.45) is 3.54. The Morgan fingerprint density at radius 3 is 2.53 bits per heavy atom. The molecule has 0 bridgehead atoms. The first-order valence-electron chi connectivity index (χ1n) is 12.2. The third kappa shape index (κ3) is 7.64. The SMILES string of the molecule is C=C/C=C(\C=C(/CCC)C(F)(F)F)C(/C=C(\OC)C(C)NC(=O)N1CCCc2ccccc21)=C(C)C. The van der Waals surface area contributed by atoms with E-state index in [1.807, 2.05) is 38.1 Å². The van der Waals surface area contributed by atoms with Crippen molar-refractivity contribution >= 4 is 11.7 Å².